The van der Waals surface area contributed by atoms with Crippen LogP contribution in [0.25, 0.3) is 16.6 Å². The summed E-state index contributed by atoms with van der Waals surface area (Å²) >= 11 is 6.45. The van der Waals surface area contributed by atoms with E-state index in [1.54, 1.807) is 43.0 Å². The van der Waals surface area contributed by atoms with Gasteiger partial charge in [-0.2, -0.15) is 10.1 Å². The van der Waals surface area contributed by atoms with Gasteiger partial charge in [-0.25, -0.2) is 27.3 Å². The van der Waals surface area contributed by atoms with Gasteiger partial charge in [0.05, 0.1) is 34.7 Å². The summed E-state index contributed by atoms with van der Waals surface area (Å²) in [6.45, 7) is 3.13. The van der Waals surface area contributed by atoms with Crippen molar-refractivity contribution in [1.29, 1.82) is 0 Å². The molecule has 0 radical (unpaired) electrons. The molecule has 5 rings (SSSR count). The first-order chi connectivity index (χ1) is 18.0. The van der Waals surface area contributed by atoms with Gasteiger partial charge in [0.15, 0.2) is 17.5 Å². The number of aromatic nitrogens is 6. The van der Waals surface area contributed by atoms with Gasteiger partial charge in [-0.15, -0.1) is 0 Å². The highest BCUT2D eigenvalue weighted by Crippen LogP contribution is 2.31. The second-order valence-corrected chi connectivity index (χ2v) is 9.11. The number of nitrogens with zero attached hydrogens (tertiary/aromatic N) is 6. The zero-order valence-electron chi connectivity index (χ0n) is 20.3. The van der Waals surface area contributed by atoms with Gasteiger partial charge in [0.2, 0.25) is 5.95 Å². The van der Waals surface area contributed by atoms with Crippen molar-refractivity contribution < 1.29 is 13.2 Å². The van der Waals surface area contributed by atoms with Crippen LogP contribution in [0.1, 0.15) is 16.8 Å². The molecule has 3 heterocycles. The van der Waals surface area contributed by atoms with Crippen LogP contribution in [0.2, 0.25) is 5.02 Å². The molecule has 0 unspecified atom stereocenters. The summed E-state index contributed by atoms with van der Waals surface area (Å²) in [6, 6.07) is 6.37. The smallest absolute Gasteiger partial charge is 0.324 e. The van der Waals surface area contributed by atoms with Crippen molar-refractivity contribution >= 4 is 34.1 Å². The van der Waals surface area contributed by atoms with Crippen molar-refractivity contribution in [3.8, 4) is 5.69 Å². The lowest BCUT2D eigenvalue weighted by Crippen LogP contribution is -2.41. The highest BCUT2D eigenvalue weighted by molar-refractivity contribution is 6.34. The molecule has 1 N–H and O–H groups in total. The molecule has 9 nitrogen and oxygen atoms in total. The summed E-state index contributed by atoms with van der Waals surface area (Å²) in [5.74, 6) is -4.73. The van der Waals surface area contributed by atoms with Crippen molar-refractivity contribution in [2.45, 2.75) is 20.4 Å². The van der Waals surface area contributed by atoms with Gasteiger partial charge >= 0.3 is 11.4 Å². The van der Waals surface area contributed by atoms with E-state index < -0.39 is 35.4 Å². The Morgan fingerprint density at radius 1 is 1.00 bits per heavy atom. The number of hydrogen-bond donors (Lipinski definition) is 1. The number of rotatable bonds is 5. The van der Waals surface area contributed by atoms with E-state index in [-0.39, 0.29) is 22.2 Å². The lowest BCUT2D eigenvalue weighted by atomic mass is 10.2. The minimum Gasteiger partial charge on any atom is -0.324 e. The highest BCUT2D eigenvalue weighted by Gasteiger charge is 2.19. The first kappa shape index (κ1) is 25.2. The number of benzene rings is 2. The molecular formula is C25H19ClF3N7O2. The van der Waals surface area contributed by atoms with Crippen LogP contribution in [-0.4, -0.2) is 28.9 Å². The lowest BCUT2D eigenvalue weighted by Gasteiger charge is -2.16. The summed E-state index contributed by atoms with van der Waals surface area (Å²) in [5.41, 5.74) is 0.724. The zero-order valence-corrected chi connectivity index (χ0v) is 21.0. The first-order valence-corrected chi connectivity index (χ1v) is 11.6. The van der Waals surface area contributed by atoms with E-state index in [4.69, 9.17) is 11.6 Å². The molecule has 0 saturated heterocycles. The molecule has 0 amide bonds. The van der Waals surface area contributed by atoms with E-state index in [0.717, 1.165) is 32.3 Å². The highest BCUT2D eigenvalue weighted by atomic mass is 35.5. The normalized spacial score (nSPS) is 11.3. The van der Waals surface area contributed by atoms with Crippen molar-refractivity contribution in [3.63, 3.8) is 0 Å². The number of hydrogen-bond acceptors (Lipinski definition) is 6. The Morgan fingerprint density at radius 2 is 1.71 bits per heavy atom. The monoisotopic (exact) mass is 541 g/mol. The van der Waals surface area contributed by atoms with Crippen LogP contribution in [0.4, 0.5) is 24.8 Å². The Morgan fingerprint density at radius 3 is 2.39 bits per heavy atom. The van der Waals surface area contributed by atoms with Gasteiger partial charge in [0.25, 0.3) is 0 Å². The standard InChI is InChI=1S/C25H19ClF3N7O2/c1-12-4-15(10-30-9-12)36-24(37)32-23(31-21-7-16-13(2)34(3)33-20(16)8-17(21)26)35(25(36)38)11-14-5-18(27)22(29)19(28)6-14/h4-10H,11H2,1-3H3,(H,31,32,37). The predicted octanol–water partition coefficient (Wildman–Crippen LogP) is 4.16. The number of halogens is 4. The van der Waals surface area contributed by atoms with Gasteiger partial charge < -0.3 is 5.32 Å². The Labute approximate surface area is 217 Å². The number of nitrogens with one attached hydrogen (secondary N) is 1. The molecule has 13 heteroatoms. The first-order valence-electron chi connectivity index (χ1n) is 11.2. The molecule has 3 aromatic heterocycles. The molecular weight excluding hydrogens is 523 g/mol. The van der Waals surface area contributed by atoms with Gasteiger partial charge in [-0.05, 0) is 55.3 Å². The van der Waals surface area contributed by atoms with Crippen LogP contribution in [0.3, 0.4) is 0 Å². The zero-order chi connectivity index (χ0) is 27.3. The molecule has 0 aliphatic heterocycles. The molecule has 38 heavy (non-hydrogen) atoms. The van der Waals surface area contributed by atoms with E-state index in [2.05, 4.69) is 20.4 Å². The maximum Gasteiger partial charge on any atom is 0.359 e. The molecule has 2 aromatic carbocycles. The Kier molecular flexibility index (Phi) is 6.27. The van der Waals surface area contributed by atoms with Crippen LogP contribution in [0.15, 0.2) is 52.3 Å². The van der Waals surface area contributed by atoms with E-state index in [0.29, 0.717) is 16.8 Å². The minimum absolute atomic E-state index is 0.0782. The summed E-state index contributed by atoms with van der Waals surface area (Å²) in [4.78, 5) is 34.7. The van der Waals surface area contributed by atoms with Crippen molar-refractivity contribution in [1.82, 2.24) is 28.9 Å². The SMILES string of the molecule is Cc1cncc(-n2c(=O)nc(Nc3cc4c(C)n(C)nc4cc3Cl)n(Cc3cc(F)c(F)c(F)c3)c2=O)c1. The summed E-state index contributed by atoms with van der Waals surface area (Å²) in [6.07, 6.45) is 2.85. The molecule has 0 atom stereocenters. The third kappa shape index (κ3) is 4.43. The van der Waals surface area contributed by atoms with Gasteiger partial charge in [0.1, 0.15) is 0 Å². The second kappa shape index (κ2) is 9.45. The van der Waals surface area contributed by atoms with Crippen LogP contribution >= 0.6 is 11.6 Å². The summed E-state index contributed by atoms with van der Waals surface area (Å²) in [7, 11) is 1.77. The van der Waals surface area contributed by atoms with E-state index >= 15 is 0 Å². The topological polar surface area (TPSA) is 99.6 Å². The summed E-state index contributed by atoms with van der Waals surface area (Å²) < 4.78 is 44.9. The maximum atomic E-state index is 14.0. The molecule has 0 aliphatic rings. The van der Waals surface area contributed by atoms with Gasteiger partial charge in [-0.3, -0.25) is 14.2 Å². The fourth-order valence-electron chi connectivity index (χ4n) is 4.06. The van der Waals surface area contributed by atoms with Crippen LogP contribution in [0.5, 0.6) is 0 Å². The lowest BCUT2D eigenvalue weighted by molar-refractivity contribution is 0.444. The third-order valence-corrected chi connectivity index (χ3v) is 6.35. The van der Waals surface area contributed by atoms with Gasteiger partial charge in [0, 0.05) is 24.3 Å². The second-order valence-electron chi connectivity index (χ2n) is 8.70. The molecule has 0 spiro atoms. The van der Waals surface area contributed by atoms with Crippen LogP contribution in [-0.2, 0) is 13.6 Å². The molecule has 0 bridgehead atoms. The Hall–Kier alpha value is -4.45. The predicted molar refractivity (Wildman–Crippen MR) is 136 cm³/mol. The number of pyridine rings is 1. The third-order valence-electron chi connectivity index (χ3n) is 6.04. The van der Waals surface area contributed by atoms with Crippen LogP contribution in [0, 0.1) is 31.3 Å². The number of anilines is 2. The molecule has 5 aromatic rings. The van der Waals surface area contributed by atoms with E-state index in [1.165, 1.54) is 6.20 Å². The summed E-state index contributed by atoms with van der Waals surface area (Å²) in [5, 5.41) is 8.25. The largest absolute Gasteiger partial charge is 0.359 e. The van der Waals surface area contributed by atoms with Crippen molar-refractivity contribution in [3.05, 3.63) is 103 Å². The van der Waals surface area contributed by atoms with Crippen molar-refractivity contribution in [2.24, 2.45) is 7.05 Å². The van der Waals surface area contributed by atoms with Crippen molar-refractivity contribution in [2.75, 3.05) is 5.32 Å². The Balaban J connectivity index is 1.70. The molecule has 0 aliphatic carbocycles. The maximum absolute atomic E-state index is 14.0. The van der Waals surface area contributed by atoms with E-state index in [1.807, 2.05) is 6.92 Å². The number of aryl methyl sites for hydroxylation is 3. The quantitative estimate of drug-likeness (QED) is 0.336. The van der Waals surface area contributed by atoms with Crippen LogP contribution < -0.4 is 16.7 Å². The molecule has 0 saturated carbocycles. The average Bonchev–Trinajstić information content (AvgIpc) is 3.12. The molecule has 194 valence electrons. The number of fused-ring (bicyclic) bond motifs is 1. The average molecular weight is 542 g/mol. The fourth-order valence-corrected chi connectivity index (χ4v) is 4.26. The molecule has 0 fully saturated rings. The minimum atomic E-state index is -1.64. The fraction of sp³-hybridized carbons (Fsp3) is 0.160. The Bertz CT molecular complexity index is 1840. The van der Waals surface area contributed by atoms with Gasteiger partial charge in [-0.1, -0.05) is 11.6 Å². The van der Waals surface area contributed by atoms with E-state index in [9.17, 15) is 22.8 Å².